The maximum atomic E-state index is 12.5. The molecule has 1 aliphatic rings. The molecule has 0 saturated carbocycles. The van der Waals surface area contributed by atoms with Crippen molar-refractivity contribution in [3.05, 3.63) is 57.8 Å². The highest BCUT2D eigenvalue weighted by Gasteiger charge is 2.40. The van der Waals surface area contributed by atoms with Gasteiger partial charge in [0.2, 0.25) is 5.91 Å². The van der Waals surface area contributed by atoms with Crippen molar-refractivity contribution in [1.82, 2.24) is 4.90 Å². The highest BCUT2D eigenvalue weighted by Crippen LogP contribution is 2.42. The zero-order valence-corrected chi connectivity index (χ0v) is 19.3. The number of carbonyl (C=O) groups is 1. The van der Waals surface area contributed by atoms with Crippen LogP contribution in [0.1, 0.15) is 69.0 Å². The lowest BCUT2D eigenvalue weighted by molar-refractivity contribution is -0.131. The van der Waals surface area contributed by atoms with Crippen LogP contribution in [0.5, 0.6) is 0 Å². The summed E-state index contributed by atoms with van der Waals surface area (Å²) in [7, 11) is 0. The monoisotopic (exact) mass is 413 g/mol. The van der Waals surface area contributed by atoms with Gasteiger partial charge in [-0.2, -0.15) is 0 Å². The first kappa shape index (κ1) is 22.0. The van der Waals surface area contributed by atoms with Gasteiger partial charge in [0.1, 0.15) is 0 Å². The van der Waals surface area contributed by atoms with E-state index in [1.54, 1.807) is 18.3 Å². The first-order valence-electron chi connectivity index (χ1n) is 10.8. The van der Waals surface area contributed by atoms with Crippen LogP contribution in [0.2, 0.25) is 0 Å². The average molecular weight is 414 g/mol. The molecule has 0 N–H and O–H groups in total. The number of thiophene rings is 1. The van der Waals surface area contributed by atoms with E-state index in [0.29, 0.717) is 5.92 Å². The van der Waals surface area contributed by atoms with Crippen molar-refractivity contribution < 1.29 is 9.53 Å². The van der Waals surface area contributed by atoms with Crippen LogP contribution in [0.3, 0.4) is 0 Å². The molecule has 1 fully saturated rings. The van der Waals surface area contributed by atoms with Gasteiger partial charge >= 0.3 is 0 Å². The number of amides is 1. The van der Waals surface area contributed by atoms with Gasteiger partial charge in [0, 0.05) is 30.4 Å². The van der Waals surface area contributed by atoms with Crippen LogP contribution in [-0.4, -0.2) is 30.1 Å². The Morgan fingerprint density at radius 2 is 1.97 bits per heavy atom. The number of rotatable bonds is 7. The Bertz CT molecular complexity index is 784. The zero-order chi connectivity index (χ0) is 21.0. The quantitative estimate of drug-likeness (QED) is 0.546. The first-order valence-corrected chi connectivity index (χ1v) is 11.7. The Balaban J connectivity index is 1.86. The molecule has 3 rings (SSSR count). The maximum absolute atomic E-state index is 12.5. The van der Waals surface area contributed by atoms with Gasteiger partial charge in [0.05, 0.1) is 12.1 Å². The molecule has 4 heteroatoms. The molecule has 0 spiro atoms. The summed E-state index contributed by atoms with van der Waals surface area (Å²) in [6.07, 6.45) is 3.27. The Morgan fingerprint density at radius 3 is 2.55 bits per heavy atom. The highest BCUT2D eigenvalue weighted by molar-refractivity contribution is 7.10. The minimum atomic E-state index is 0.0593. The van der Waals surface area contributed by atoms with Crippen LogP contribution in [0.15, 0.2) is 41.8 Å². The third-order valence-electron chi connectivity index (χ3n) is 6.57. The van der Waals surface area contributed by atoms with Crippen LogP contribution < -0.4 is 0 Å². The van der Waals surface area contributed by atoms with E-state index in [1.165, 1.54) is 16.0 Å². The Kier molecular flexibility index (Phi) is 7.18. The SMILES string of the molecule is CC(=O)N(CC[C@]1(c2ccc(C)cc2)CCO[C@H](C(C)C)C1)[C@H](C)c1cccs1. The molecular weight excluding hydrogens is 378 g/mol. The fraction of sp³-hybridized carbons (Fsp3) is 0.560. The molecule has 0 aliphatic carbocycles. The number of carbonyl (C=O) groups excluding carboxylic acids is 1. The molecule has 0 bridgehead atoms. The Labute approximate surface area is 180 Å². The van der Waals surface area contributed by atoms with Crippen molar-refractivity contribution in [1.29, 1.82) is 0 Å². The minimum absolute atomic E-state index is 0.0593. The van der Waals surface area contributed by atoms with E-state index in [0.717, 1.165) is 32.4 Å². The summed E-state index contributed by atoms with van der Waals surface area (Å²) in [5.41, 5.74) is 2.74. The van der Waals surface area contributed by atoms with Crippen molar-refractivity contribution in [2.45, 2.75) is 71.4 Å². The molecule has 2 heterocycles. The second-order valence-corrected chi connectivity index (χ2v) is 9.89. The van der Waals surface area contributed by atoms with Crippen molar-refractivity contribution in [2.75, 3.05) is 13.2 Å². The van der Waals surface area contributed by atoms with Crippen molar-refractivity contribution in [3.8, 4) is 0 Å². The van der Waals surface area contributed by atoms with Crippen molar-refractivity contribution in [3.63, 3.8) is 0 Å². The molecular formula is C25H35NO2S. The molecule has 2 aromatic rings. The second-order valence-electron chi connectivity index (χ2n) is 8.91. The summed E-state index contributed by atoms with van der Waals surface area (Å²) in [6.45, 7) is 12.0. The molecule has 3 atom stereocenters. The van der Waals surface area contributed by atoms with E-state index in [1.807, 2.05) is 4.90 Å². The average Bonchev–Trinajstić information content (AvgIpc) is 3.23. The Morgan fingerprint density at radius 1 is 1.24 bits per heavy atom. The minimum Gasteiger partial charge on any atom is -0.378 e. The normalized spacial score (nSPS) is 23.2. The van der Waals surface area contributed by atoms with E-state index in [-0.39, 0.29) is 23.5 Å². The number of hydrogen-bond donors (Lipinski definition) is 0. The lowest BCUT2D eigenvalue weighted by atomic mass is 9.68. The molecule has 1 aromatic heterocycles. The summed E-state index contributed by atoms with van der Waals surface area (Å²) in [5, 5.41) is 2.09. The van der Waals surface area contributed by atoms with Gasteiger partial charge < -0.3 is 9.64 Å². The summed E-state index contributed by atoms with van der Waals surface area (Å²) in [4.78, 5) is 15.8. The first-order chi connectivity index (χ1) is 13.8. The highest BCUT2D eigenvalue weighted by atomic mass is 32.1. The van der Waals surface area contributed by atoms with Crippen molar-refractivity contribution >= 4 is 17.2 Å². The third-order valence-corrected chi connectivity index (χ3v) is 7.61. The van der Waals surface area contributed by atoms with Gasteiger partial charge in [-0.25, -0.2) is 0 Å². The summed E-state index contributed by atoms with van der Waals surface area (Å²) in [5.74, 6) is 0.645. The summed E-state index contributed by atoms with van der Waals surface area (Å²) >= 11 is 1.73. The summed E-state index contributed by atoms with van der Waals surface area (Å²) in [6, 6.07) is 13.3. The van der Waals surface area contributed by atoms with Crippen LogP contribution >= 0.6 is 11.3 Å². The summed E-state index contributed by atoms with van der Waals surface area (Å²) < 4.78 is 6.12. The van der Waals surface area contributed by atoms with Crippen LogP contribution in [0.4, 0.5) is 0 Å². The third kappa shape index (κ3) is 5.10. The smallest absolute Gasteiger partial charge is 0.219 e. The number of aryl methyl sites for hydroxylation is 1. The van der Waals surface area contributed by atoms with Gasteiger partial charge in [-0.05, 0) is 56.0 Å². The second kappa shape index (κ2) is 9.44. The topological polar surface area (TPSA) is 29.5 Å². The molecule has 3 nitrogen and oxygen atoms in total. The predicted octanol–water partition coefficient (Wildman–Crippen LogP) is 6.13. The number of ether oxygens (including phenoxy) is 1. The fourth-order valence-corrected chi connectivity index (χ4v) is 5.36. The lowest BCUT2D eigenvalue weighted by Gasteiger charge is -2.44. The predicted molar refractivity (Wildman–Crippen MR) is 121 cm³/mol. The standard InChI is InChI=1S/C25H35NO2S/c1-18(2)23-17-25(13-15-28-23,22-10-8-19(3)9-11-22)12-14-26(21(5)27)20(4)24-7-6-16-29-24/h6-11,16,18,20,23H,12-15,17H2,1-5H3/t20-,23+,25+/m1/s1. The maximum Gasteiger partial charge on any atom is 0.219 e. The van der Waals surface area contributed by atoms with E-state index >= 15 is 0 Å². The fourth-order valence-electron chi connectivity index (χ4n) is 4.56. The van der Waals surface area contributed by atoms with Gasteiger partial charge in [0.15, 0.2) is 0 Å². The van der Waals surface area contributed by atoms with Crippen LogP contribution in [0, 0.1) is 12.8 Å². The van der Waals surface area contributed by atoms with E-state index in [4.69, 9.17) is 4.74 Å². The van der Waals surface area contributed by atoms with Gasteiger partial charge in [-0.15, -0.1) is 11.3 Å². The number of nitrogens with zero attached hydrogens (tertiary/aromatic N) is 1. The molecule has 1 saturated heterocycles. The molecule has 1 amide bonds. The molecule has 158 valence electrons. The van der Waals surface area contributed by atoms with E-state index < -0.39 is 0 Å². The number of benzene rings is 1. The van der Waals surface area contributed by atoms with Crippen molar-refractivity contribution in [2.24, 2.45) is 5.92 Å². The van der Waals surface area contributed by atoms with E-state index in [9.17, 15) is 4.79 Å². The van der Waals surface area contributed by atoms with E-state index in [2.05, 4.69) is 69.5 Å². The number of hydrogen-bond acceptors (Lipinski definition) is 3. The molecule has 1 aromatic carbocycles. The molecule has 29 heavy (non-hydrogen) atoms. The molecule has 0 radical (unpaired) electrons. The largest absolute Gasteiger partial charge is 0.378 e. The molecule has 0 unspecified atom stereocenters. The van der Waals surface area contributed by atoms with Crippen LogP contribution in [-0.2, 0) is 14.9 Å². The zero-order valence-electron chi connectivity index (χ0n) is 18.5. The van der Waals surface area contributed by atoms with Gasteiger partial charge in [-0.3, -0.25) is 4.79 Å². The molecule has 1 aliphatic heterocycles. The lowest BCUT2D eigenvalue weighted by Crippen LogP contribution is -2.44. The van der Waals surface area contributed by atoms with Gasteiger partial charge in [-0.1, -0.05) is 49.7 Å². The van der Waals surface area contributed by atoms with Gasteiger partial charge in [0.25, 0.3) is 0 Å². The Hall–Kier alpha value is -1.65. The van der Waals surface area contributed by atoms with Crippen LogP contribution in [0.25, 0.3) is 0 Å².